The molecule has 0 atom stereocenters. The third-order valence-corrected chi connectivity index (χ3v) is 4.03. The summed E-state index contributed by atoms with van der Waals surface area (Å²) in [6.45, 7) is 4.99. The number of benzene rings is 1. The number of aliphatic hydroxyl groups excluding tert-OH is 1. The van der Waals surface area contributed by atoms with Crippen LogP contribution in [0.3, 0.4) is 0 Å². The topological polar surface area (TPSA) is 32.3 Å². The Morgan fingerprint density at radius 2 is 2.00 bits per heavy atom. The normalized spacial score (nSPS) is 11.6. The van der Waals surface area contributed by atoms with Gasteiger partial charge in [-0.1, -0.05) is 13.8 Å². The first-order chi connectivity index (χ1) is 8.06. The molecule has 1 aromatic carbocycles. The van der Waals surface area contributed by atoms with Gasteiger partial charge in [0, 0.05) is 17.6 Å². The van der Waals surface area contributed by atoms with Gasteiger partial charge in [0.2, 0.25) is 0 Å². The van der Waals surface area contributed by atoms with Gasteiger partial charge in [-0.2, -0.15) is 0 Å². The molecule has 0 saturated heterocycles. The SMILES string of the molecule is CCC(CC)(CO)CNc1ccc(F)c(Br)c1. The molecule has 0 saturated carbocycles. The predicted octanol–water partition coefficient (Wildman–Crippen LogP) is 3.80. The van der Waals surface area contributed by atoms with Gasteiger partial charge in [0.25, 0.3) is 0 Å². The molecule has 96 valence electrons. The van der Waals surface area contributed by atoms with Crippen molar-refractivity contribution in [2.45, 2.75) is 26.7 Å². The molecule has 0 heterocycles. The molecule has 0 aliphatic rings. The summed E-state index contributed by atoms with van der Waals surface area (Å²) in [5.74, 6) is -0.269. The Morgan fingerprint density at radius 3 is 2.47 bits per heavy atom. The molecule has 1 rings (SSSR count). The second kappa shape index (κ2) is 6.36. The standard InChI is InChI=1S/C13H19BrFNO/c1-3-13(4-2,9-17)8-16-10-5-6-12(15)11(14)7-10/h5-7,16-17H,3-4,8-9H2,1-2H3. The summed E-state index contributed by atoms with van der Waals surface area (Å²) in [6.07, 6.45) is 1.82. The molecule has 0 spiro atoms. The largest absolute Gasteiger partial charge is 0.396 e. The predicted molar refractivity (Wildman–Crippen MR) is 72.7 cm³/mol. The van der Waals surface area contributed by atoms with Crippen molar-refractivity contribution in [1.82, 2.24) is 0 Å². The van der Waals surface area contributed by atoms with E-state index in [2.05, 4.69) is 35.1 Å². The minimum atomic E-state index is -0.269. The summed E-state index contributed by atoms with van der Waals surface area (Å²) < 4.78 is 13.5. The van der Waals surface area contributed by atoms with Crippen molar-refractivity contribution >= 4 is 21.6 Å². The second-order valence-electron chi connectivity index (χ2n) is 4.35. The highest BCUT2D eigenvalue weighted by Gasteiger charge is 2.24. The van der Waals surface area contributed by atoms with Crippen LogP contribution in [0.1, 0.15) is 26.7 Å². The zero-order chi connectivity index (χ0) is 12.9. The Morgan fingerprint density at radius 1 is 1.35 bits per heavy atom. The molecule has 2 nitrogen and oxygen atoms in total. The number of halogens is 2. The third kappa shape index (κ3) is 3.68. The summed E-state index contributed by atoms with van der Waals surface area (Å²) in [4.78, 5) is 0. The molecular formula is C13H19BrFNO. The van der Waals surface area contributed by atoms with Gasteiger partial charge in [-0.25, -0.2) is 4.39 Å². The number of aliphatic hydroxyl groups is 1. The number of nitrogens with one attached hydrogen (secondary N) is 1. The number of anilines is 1. The van der Waals surface area contributed by atoms with E-state index in [0.29, 0.717) is 11.0 Å². The Balaban J connectivity index is 2.68. The van der Waals surface area contributed by atoms with Crippen molar-refractivity contribution < 1.29 is 9.50 Å². The lowest BCUT2D eigenvalue weighted by Gasteiger charge is -2.30. The summed E-state index contributed by atoms with van der Waals surface area (Å²) >= 11 is 3.15. The molecule has 0 aromatic heterocycles. The van der Waals surface area contributed by atoms with Gasteiger partial charge in [0.15, 0.2) is 0 Å². The summed E-state index contributed by atoms with van der Waals surface area (Å²) in [6, 6.07) is 4.83. The van der Waals surface area contributed by atoms with Crippen LogP contribution in [-0.4, -0.2) is 18.3 Å². The fourth-order valence-corrected chi connectivity index (χ4v) is 2.05. The Kier molecular flexibility index (Phi) is 5.40. The maximum atomic E-state index is 13.1. The van der Waals surface area contributed by atoms with E-state index in [1.807, 2.05) is 0 Å². The molecule has 1 aromatic rings. The quantitative estimate of drug-likeness (QED) is 0.838. The van der Waals surface area contributed by atoms with Crippen molar-refractivity contribution in [1.29, 1.82) is 0 Å². The van der Waals surface area contributed by atoms with Crippen molar-refractivity contribution in [2.75, 3.05) is 18.5 Å². The van der Waals surface area contributed by atoms with Gasteiger partial charge < -0.3 is 10.4 Å². The average Bonchev–Trinajstić information content (AvgIpc) is 2.36. The first-order valence-electron chi connectivity index (χ1n) is 5.86. The smallest absolute Gasteiger partial charge is 0.137 e. The van der Waals surface area contributed by atoms with Crippen LogP contribution in [0.2, 0.25) is 0 Å². The van der Waals surface area contributed by atoms with E-state index < -0.39 is 0 Å². The maximum absolute atomic E-state index is 13.1. The average molecular weight is 304 g/mol. The van der Waals surface area contributed by atoms with Crippen LogP contribution >= 0.6 is 15.9 Å². The van der Waals surface area contributed by atoms with Gasteiger partial charge in [-0.3, -0.25) is 0 Å². The van der Waals surface area contributed by atoms with Crippen LogP contribution in [0, 0.1) is 11.2 Å². The van der Waals surface area contributed by atoms with E-state index in [-0.39, 0.29) is 17.8 Å². The van der Waals surface area contributed by atoms with Gasteiger partial charge >= 0.3 is 0 Å². The minimum absolute atomic E-state index is 0.0964. The molecular weight excluding hydrogens is 285 g/mol. The van der Waals surface area contributed by atoms with E-state index in [4.69, 9.17) is 0 Å². The zero-order valence-electron chi connectivity index (χ0n) is 10.3. The van der Waals surface area contributed by atoms with Crippen LogP contribution in [-0.2, 0) is 0 Å². The Bertz CT molecular complexity index is 358. The maximum Gasteiger partial charge on any atom is 0.137 e. The molecule has 0 aliphatic heterocycles. The van der Waals surface area contributed by atoms with Crippen LogP contribution in [0.4, 0.5) is 10.1 Å². The highest BCUT2D eigenvalue weighted by atomic mass is 79.9. The molecule has 0 aliphatic carbocycles. The highest BCUT2D eigenvalue weighted by molar-refractivity contribution is 9.10. The lowest BCUT2D eigenvalue weighted by molar-refractivity contribution is 0.127. The van der Waals surface area contributed by atoms with Crippen LogP contribution < -0.4 is 5.32 Å². The zero-order valence-corrected chi connectivity index (χ0v) is 11.8. The number of rotatable bonds is 6. The minimum Gasteiger partial charge on any atom is -0.396 e. The second-order valence-corrected chi connectivity index (χ2v) is 5.20. The molecule has 0 bridgehead atoms. The van der Waals surface area contributed by atoms with E-state index in [0.717, 1.165) is 18.5 Å². The van der Waals surface area contributed by atoms with Crippen molar-refractivity contribution in [3.63, 3.8) is 0 Å². The molecule has 4 heteroatoms. The molecule has 0 radical (unpaired) electrons. The van der Waals surface area contributed by atoms with Crippen LogP contribution in [0.25, 0.3) is 0 Å². The van der Waals surface area contributed by atoms with Gasteiger partial charge in [0.05, 0.1) is 11.1 Å². The summed E-state index contributed by atoms with van der Waals surface area (Å²) in [7, 11) is 0. The van der Waals surface area contributed by atoms with E-state index in [9.17, 15) is 9.50 Å². The van der Waals surface area contributed by atoms with Gasteiger partial charge in [-0.15, -0.1) is 0 Å². The number of hydrogen-bond donors (Lipinski definition) is 2. The van der Waals surface area contributed by atoms with E-state index in [1.54, 1.807) is 12.1 Å². The first-order valence-corrected chi connectivity index (χ1v) is 6.66. The van der Waals surface area contributed by atoms with Gasteiger partial charge in [-0.05, 0) is 47.0 Å². The molecule has 0 amide bonds. The highest BCUT2D eigenvalue weighted by Crippen LogP contribution is 2.27. The van der Waals surface area contributed by atoms with Crippen LogP contribution in [0.15, 0.2) is 22.7 Å². The summed E-state index contributed by atoms with van der Waals surface area (Å²) in [5.41, 5.74) is 0.763. The monoisotopic (exact) mass is 303 g/mol. The number of hydrogen-bond acceptors (Lipinski definition) is 2. The van der Waals surface area contributed by atoms with E-state index in [1.165, 1.54) is 6.07 Å². The molecule has 0 unspecified atom stereocenters. The van der Waals surface area contributed by atoms with Crippen LogP contribution in [0.5, 0.6) is 0 Å². The third-order valence-electron chi connectivity index (χ3n) is 3.42. The van der Waals surface area contributed by atoms with Gasteiger partial charge in [0.1, 0.15) is 5.82 Å². The summed E-state index contributed by atoms with van der Waals surface area (Å²) in [5, 5.41) is 12.7. The lowest BCUT2D eigenvalue weighted by Crippen LogP contribution is -2.32. The Labute approximate surface area is 110 Å². The van der Waals surface area contributed by atoms with Crippen molar-refractivity contribution in [2.24, 2.45) is 5.41 Å². The van der Waals surface area contributed by atoms with Crippen molar-refractivity contribution in [3.8, 4) is 0 Å². The lowest BCUT2D eigenvalue weighted by atomic mass is 9.83. The van der Waals surface area contributed by atoms with Crippen molar-refractivity contribution in [3.05, 3.63) is 28.5 Å². The molecule has 2 N–H and O–H groups in total. The Hall–Kier alpha value is -0.610. The fraction of sp³-hybridized carbons (Fsp3) is 0.538. The fourth-order valence-electron chi connectivity index (χ4n) is 1.68. The first kappa shape index (κ1) is 14.5. The molecule has 0 fully saturated rings. The van der Waals surface area contributed by atoms with E-state index >= 15 is 0 Å². The molecule has 17 heavy (non-hydrogen) atoms.